The highest BCUT2D eigenvalue weighted by Gasteiger charge is 2.44. The van der Waals surface area contributed by atoms with E-state index in [4.69, 9.17) is 14.2 Å². The maximum Gasteiger partial charge on any atom is 0.305 e. The van der Waals surface area contributed by atoms with Crippen LogP contribution in [0.5, 0.6) is 0 Å². The summed E-state index contributed by atoms with van der Waals surface area (Å²) in [7, 11) is 0. The average molecular weight is 926 g/mol. The highest BCUT2D eigenvalue weighted by atomic mass is 16.7. The second kappa shape index (κ2) is 44.9. The Hall–Kier alpha value is -1.60. The fraction of sp³-hybridized carbons (Fsp3) is 0.926. The van der Waals surface area contributed by atoms with Crippen molar-refractivity contribution < 1.29 is 49.3 Å². The quantitative estimate of drug-likeness (QED) is 0.0196. The van der Waals surface area contributed by atoms with Crippen molar-refractivity contribution in [3.05, 3.63) is 12.2 Å². The lowest BCUT2D eigenvalue weighted by atomic mass is 9.99. The van der Waals surface area contributed by atoms with Crippen LogP contribution in [0, 0.1) is 0 Å². The molecule has 0 bridgehead atoms. The minimum Gasteiger partial charge on any atom is -0.466 e. The van der Waals surface area contributed by atoms with Crippen LogP contribution in [-0.2, 0) is 23.8 Å². The van der Waals surface area contributed by atoms with Gasteiger partial charge in [-0.1, -0.05) is 225 Å². The van der Waals surface area contributed by atoms with E-state index in [9.17, 15) is 35.1 Å². The standard InChI is InChI=1S/C54H103NO10/c1-3-5-7-9-11-13-21-26-30-34-38-42-50(59)63-43-39-35-31-27-23-20-18-16-14-15-17-19-22-25-29-33-37-41-49(58)55-46(47(57)40-36-32-28-24-12-10-8-6-4-2)45-64-54-53(62)52(61)51(60)48(44-56)65-54/h36,40,46-48,51-54,56-57,60-62H,3-35,37-39,41-45H2,1-2H3,(H,55,58)/b40-36+. The fourth-order valence-corrected chi connectivity index (χ4v) is 8.73. The Morgan fingerprint density at radius 2 is 0.969 bits per heavy atom. The SMILES string of the molecule is CCCCCCCCC/C=C/C(O)C(COC1OC(CO)C(O)C(O)C1O)NC(=O)CCCCCCCCCCCCCCCCCCCOC(=O)CCCCCCCCCCCCC. The third-order valence-electron chi connectivity index (χ3n) is 13.2. The molecule has 1 amide bonds. The Balaban J connectivity index is 2.07. The maximum absolute atomic E-state index is 13.0. The van der Waals surface area contributed by atoms with Gasteiger partial charge in [0.2, 0.25) is 5.91 Å². The minimum absolute atomic E-state index is 0.0118. The molecule has 1 fully saturated rings. The first kappa shape index (κ1) is 61.4. The van der Waals surface area contributed by atoms with E-state index < -0.39 is 49.5 Å². The lowest BCUT2D eigenvalue weighted by Gasteiger charge is -2.40. The third-order valence-corrected chi connectivity index (χ3v) is 13.2. The van der Waals surface area contributed by atoms with Crippen LogP contribution in [0.3, 0.4) is 0 Å². The molecule has 0 aromatic rings. The summed E-state index contributed by atoms with van der Waals surface area (Å²) >= 11 is 0. The summed E-state index contributed by atoms with van der Waals surface area (Å²) < 4.78 is 16.6. The molecule has 1 aliphatic heterocycles. The number of hydrogen-bond acceptors (Lipinski definition) is 10. The van der Waals surface area contributed by atoms with Crippen LogP contribution >= 0.6 is 0 Å². The van der Waals surface area contributed by atoms with Gasteiger partial charge in [0.1, 0.15) is 24.4 Å². The van der Waals surface area contributed by atoms with Gasteiger partial charge >= 0.3 is 5.97 Å². The van der Waals surface area contributed by atoms with Crippen molar-refractivity contribution in [2.24, 2.45) is 0 Å². The van der Waals surface area contributed by atoms with Gasteiger partial charge in [0.05, 0.1) is 32.0 Å². The molecule has 0 spiro atoms. The van der Waals surface area contributed by atoms with E-state index in [1.165, 1.54) is 167 Å². The highest BCUT2D eigenvalue weighted by molar-refractivity contribution is 5.76. The van der Waals surface area contributed by atoms with E-state index in [1.54, 1.807) is 6.08 Å². The Bertz CT molecular complexity index is 1090. The lowest BCUT2D eigenvalue weighted by molar-refractivity contribution is -0.302. The molecular formula is C54H103NO10. The van der Waals surface area contributed by atoms with E-state index in [1.807, 2.05) is 6.08 Å². The molecule has 0 aliphatic carbocycles. The number of amides is 1. The van der Waals surface area contributed by atoms with Crippen molar-refractivity contribution in [1.29, 1.82) is 0 Å². The van der Waals surface area contributed by atoms with Gasteiger partial charge < -0.3 is 45.1 Å². The Morgan fingerprint density at radius 3 is 1.43 bits per heavy atom. The predicted molar refractivity (Wildman–Crippen MR) is 265 cm³/mol. The van der Waals surface area contributed by atoms with Crippen LogP contribution in [-0.4, -0.2) is 100 Å². The largest absolute Gasteiger partial charge is 0.466 e. The molecule has 0 saturated carbocycles. The summed E-state index contributed by atoms with van der Waals surface area (Å²) in [5.74, 6) is -0.200. The number of allylic oxidation sites excluding steroid dienone is 1. The number of unbranched alkanes of at least 4 members (excludes halogenated alkanes) is 33. The zero-order chi connectivity index (χ0) is 47.4. The molecule has 7 unspecified atom stereocenters. The number of ether oxygens (including phenoxy) is 3. The molecule has 65 heavy (non-hydrogen) atoms. The number of esters is 1. The van der Waals surface area contributed by atoms with Crippen LogP contribution in [0.15, 0.2) is 12.2 Å². The number of aliphatic hydroxyl groups excluding tert-OH is 5. The summed E-state index contributed by atoms with van der Waals surface area (Å²) in [6.07, 6.45) is 40.1. The second-order valence-electron chi connectivity index (χ2n) is 19.3. The summed E-state index contributed by atoms with van der Waals surface area (Å²) in [4.78, 5) is 25.0. The van der Waals surface area contributed by atoms with Crippen molar-refractivity contribution in [2.75, 3.05) is 19.8 Å². The molecule has 6 N–H and O–H groups in total. The number of carbonyl (C=O) groups is 2. The second-order valence-corrected chi connectivity index (χ2v) is 19.3. The number of aliphatic hydroxyl groups is 5. The van der Waals surface area contributed by atoms with Gasteiger partial charge in [0.25, 0.3) is 0 Å². The summed E-state index contributed by atoms with van der Waals surface area (Å²) in [5, 5.41) is 54.1. The van der Waals surface area contributed by atoms with Crippen LogP contribution in [0.25, 0.3) is 0 Å². The van der Waals surface area contributed by atoms with E-state index in [0.717, 1.165) is 64.2 Å². The lowest BCUT2D eigenvalue weighted by Crippen LogP contribution is -2.60. The van der Waals surface area contributed by atoms with Gasteiger partial charge in [-0.05, 0) is 32.1 Å². The van der Waals surface area contributed by atoms with Gasteiger partial charge in [0, 0.05) is 12.8 Å². The fourth-order valence-electron chi connectivity index (χ4n) is 8.73. The predicted octanol–water partition coefficient (Wildman–Crippen LogP) is 11.6. The van der Waals surface area contributed by atoms with E-state index in [0.29, 0.717) is 19.4 Å². The molecule has 0 radical (unpaired) electrons. The zero-order valence-electron chi connectivity index (χ0n) is 42.0. The Kier molecular flexibility index (Phi) is 42.4. The molecule has 384 valence electrons. The van der Waals surface area contributed by atoms with Crippen LogP contribution in [0.4, 0.5) is 0 Å². The molecule has 1 heterocycles. The van der Waals surface area contributed by atoms with Gasteiger partial charge in [-0.15, -0.1) is 0 Å². The molecule has 11 heteroatoms. The maximum atomic E-state index is 13.0. The topological polar surface area (TPSA) is 175 Å². The number of nitrogens with one attached hydrogen (secondary N) is 1. The zero-order valence-corrected chi connectivity index (χ0v) is 42.0. The first-order chi connectivity index (χ1) is 31.7. The number of hydrogen-bond donors (Lipinski definition) is 6. The van der Waals surface area contributed by atoms with Gasteiger partial charge in [0.15, 0.2) is 6.29 Å². The summed E-state index contributed by atoms with van der Waals surface area (Å²) in [5.41, 5.74) is 0. The first-order valence-electron chi connectivity index (χ1n) is 27.5. The first-order valence-corrected chi connectivity index (χ1v) is 27.5. The van der Waals surface area contributed by atoms with E-state index in [-0.39, 0.29) is 18.5 Å². The van der Waals surface area contributed by atoms with Crippen molar-refractivity contribution in [2.45, 2.75) is 301 Å². The van der Waals surface area contributed by atoms with E-state index in [2.05, 4.69) is 19.2 Å². The molecule has 0 aromatic heterocycles. The highest BCUT2D eigenvalue weighted by Crippen LogP contribution is 2.23. The molecule has 0 aromatic carbocycles. The molecular weight excluding hydrogens is 823 g/mol. The smallest absolute Gasteiger partial charge is 0.305 e. The Labute approximate surface area is 398 Å². The van der Waals surface area contributed by atoms with Gasteiger partial charge in [-0.25, -0.2) is 0 Å². The molecule has 11 nitrogen and oxygen atoms in total. The monoisotopic (exact) mass is 926 g/mol. The molecule has 1 aliphatic rings. The van der Waals surface area contributed by atoms with Crippen molar-refractivity contribution in [3.63, 3.8) is 0 Å². The van der Waals surface area contributed by atoms with Crippen molar-refractivity contribution in [3.8, 4) is 0 Å². The summed E-state index contributed by atoms with van der Waals surface area (Å²) in [6.45, 7) is 4.29. The van der Waals surface area contributed by atoms with Gasteiger partial charge in [-0.3, -0.25) is 9.59 Å². The Morgan fingerprint density at radius 1 is 0.554 bits per heavy atom. The molecule has 1 rings (SSSR count). The van der Waals surface area contributed by atoms with Crippen molar-refractivity contribution >= 4 is 11.9 Å². The van der Waals surface area contributed by atoms with Crippen LogP contribution in [0.2, 0.25) is 0 Å². The minimum atomic E-state index is -1.57. The average Bonchev–Trinajstić information content (AvgIpc) is 3.30. The third kappa shape index (κ3) is 35.2. The van der Waals surface area contributed by atoms with E-state index >= 15 is 0 Å². The molecule has 7 atom stereocenters. The summed E-state index contributed by atoms with van der Waals surface area (Å²) in [6, 6.07) is -0.811. The van der Waals surface area contributed by atoms with Crippen molar-refractivity contribution in [1.82, 2.24) is 5.32 Å². The molecule has 1 saturated heterocycles. The number of rotatable bonds is 47. The van der Waals surface area contributed by atoms with Crippen LogP contribution in [0.1, 0.15) is 258 Å². The normalized spacial score (nSPS) is 19.8. The van der Waals surface area contributed by atoms with Gasteiger partial charge in [-0.2, -0.15) is 0 Å². The van der Waals surface area contributed by atoms with Crippen LogP contribution < -0.4 is 5.32 Å². The number of carbonyl (C=O) groups excluding carboxylic acids is 2.